The summed E-state index contributed by atoms with van der Waals surface area (Å²) < 4.78 is 5.46. The Morgan fingerprint density at radius 1 is 1.25 bits per heavy atom. The van der Waals surface area contributed by atoms with Crippen molar-refractivity contribution < 1.29 is 14.0 Å². The zero-order valence-corrected chi connectivity index (χ0v) is 16.2. The molecule has 3 aromatic rings. The number of hydrogen-bond acceptors (Lipinski definition) is 5. The molecule has 0 unspecified atom stereocenters. The Balaban J connectivity index is 1.26. The highest BCUT2D eigenvalue weighted by Crippen LogP contribution is 2.24. The van der Waals surface area contributed by atoms with Crippen molar-refractivity contribution in [3.63, 3.8) is 0 Å². The number of hydrogen-bond donors (Lipinski definition) is 1. The zero-order valence-electron chi connectivity index (χ0n) is 15.3. The molecule has 28 heavy (non-hydrogen) atoms. The normalized spacial score (nSPS) is 16.5. The van der Waals surface area contributed by atoms with Crippen LogP contribution < -0.4 is 5.32 Å². The molecule has 1 N–H and O–H groups in total. The van der Waals surface area contributed by atoms with Crippen LogP contribution >= 0.6 is 11.3 Å². The molecule has 0 aliphatic carbocycles. The average Bonchev–Trinajstić information content (AvgIpc) is 3.46. The van der Waals surface area contributed by atoms with Crippen LogP contribution in [-0.2, 0) is 22.6 Å². The van der Waals surface area contributed by atoms with Gasteiger partial charge in [-0.05, 0) is 23.4 Å². The molecule has 3 heterocycles. The summed E-state index contributed by atoms with van der Waals surface area (Å²) in [7, 11) is 0. The maximum atomic E-state index is 12.5. The fraction of sp³-hybridized carbons (Fsp3) is 0.286. The van der Waals surface area contributed by atoms with Crippen molar-refractivity contribution in [1.82, 2.24) is 15.2 Å². The summed E-state index contributed by atoms with van der Waals surface area (Å²) in [4.78, 5) is 31.8. The number of aromatic nitrogens is 1. The summed E-state index contributed by atoms with van der Waals surface area (Å²) in [5.41, 5.74) is 1.86. The maximum absolute atomic E-state index is 12.5. The molecule has 2 aromatic heterocycles. The molecule has 1 atom stereocenters. The Morgan fingerprint density at radius 3 is 2.89 bits per heavy atom. The first-order valence-electron chi connectivity index (χ1n) is 9.27. The predicted octanol–water partition coefficient (Wildman–Crippen LogP) is 3.11. The Labute approximate surface area is 167 Å². The third-order valence-corrected chi connectivity index (χ3v) is 5.68. The number of thiophene rings is 1. The smallest absolute Gasteiger partial charge is 0.236 e. The molecule has 0 radical (unpaired) electrons. The molecule has 1 fully saturated rings. The van der Waals surface area contributed by atoms with Crippen molar-refractivity contribution in [3.8, 4) is 10.8 Å². The number of oxazole rings is 1. The van der Waals surface area contributed by atoms with Crippen LogP contribution in [0.3, 0.4) is 0 Å². The van der Waals surface area contributed by atoms with E-state index >= 15 is 0 Å². The predicted molar refractivity (Wildman–Crippen MR) is 106 cm³/mol. The van der Waals surface area contributed by atoms with Gasteiger partial charge in [-0.3, -0.25) is 9.59 Å². The van der Waals surface area contributed by atoms with E-state index in [9.17, 15) is 9.59 Å². The molecular formula is C21H21N3O3S. The minimum absolute atomic E-state index is 0.0394. The number of likely N-dealkylation sites (tertiary alicyclic amines) is 1. The van der Waals surface area contributed by atoms with Crippen molar-refractivity contribution >= 4 is 23.2 Å². The zero-order chi connectivity index (χ0) is 19.3. The van der Waals surface area contributed by atoms with Crippen molar-refractivity contribution in [2.75, 3.05) is 13.1 Å². The number of carbonyl (C=O) groups excluding carboxylic acids is 2. The van der Waals surface area contributed by atoms with Crippen LogP contribution in [0.5, 0.6) is 0 Å². The largest absolute Gasteiger partial charge is 0.443 e. The van der Waals surface area contributed by atoms with E-state index in [1.165, 1.54) is 5.56 Å². The molecule has 0 spiro atoms. The van der Waals surface area contributed by atoms with Gasteiger partial charge in [-0.25, -0.2) is 4.98 Å². The lowest BCUT2D eigenvalue weighted by atomic mass is 10.1. The van der Waals surface area contributed by atoms with Crippen molar-refractivity contribution in [1.29, 1.82) is 0 Å². The molecule has 4 rings (SSSR count). The lowest BCUT2D eigenvalue weighted by Crippen LogP contribution is -2.33. The number of nitrogens with one attached hydrogen (secondary N) is 1. The van der Waals surface area contributed by atoms with Crippen LogP contribution in [0.2, 0.25) is 0 Å². The summed E-state index contributed by atoms with van der Waals surface area (Å²) in [6.07, 6.45) is 2.62. The van der Waals surface area contributed by atoms with Crippen LogP contribution in [0.4, 0.5) is 0 Å². The van der Waals surface area contributed by atoms with E-state index in [4.69, 9.17) is 4.42 Å². The molecule has 144 valence electrons. The fourth-order valence-electron chi connectivity index (χ4n) is 3.30. The number of carbonyl (C=O) groups is 2. The van der Waals surface area contributed by atoms with Gasteiger partial charge in [0, 0.05) is 19.5 Å². The number of amides is 2. The Kier molecular flexibility index (Phi) is 5.53. The van der Waals surface area contributed by atoms with Gasteiger partial charge >= 0.3 is 0 Å². The van der Waals surface area contributed by atoms with Gasteiger partial charge in [0.1, 0.15) is 6.26 Å². The monoisotopic (exact) mass is 395 g/mol. The van der Waals surface area contributed by atoms with Crippen LogP contribution in [0, 0.1) is 5.92 Å². The topological polar surface area (TPSA) is 75.4 Å². The summed E-state index contributed by atoms with van der Waals surface area (Å²) in [5, 5.41) is 4.84. The van der Waals surface area contributed by atoms with Gasteiger partial charge in [0.25, 0.3) is 0 Å². The van der Waals surface area contributed by atoms with Crippen LogP contribution in [0.25, 0.3) is 10.8 Å². The maximum Gasteiger partial charge on any atom is 0.236 e. The van der Waals surface area contributed by atoms with E-state index in [2.05, 4.69) is 10.3 Å². The van der Waals surface area contributed by atoms with Gasteiger partial charge in [0.2, 0.25) is 17.7 Å². The molecule has 1 saturated heterocycles. The average molecular weight is 395 g/mol. The third kappa shape index (κ3) is 4.31. The minimum atomic E-state index is -0.313. The number of nitrogens with zero attached hydrogens (tertiary/aromatic N) is 2. The molecule has 1 aliphatic rings. The van der Waals surface area contributed by atoms with Crippen LogP contribution in [-0.4, -0.2) is 34.8 Å². The highest BCUT2D eigenvalue weighted by molar-refractivity contribution is 7.13. The van der Waals surface area contributed by atoms with Gasteiger partial charge in [-0.1, -0.05) is 36.4 Å². The molecule has 6 nitrogen and oxygen atoms in total. The molecule has 1 aromatic carbocycles. The van der Waals surface area contributed by atoms with Gasteiger partial charge in [0.05, 0.1) is 23.0 Å². The second kappa shape index (κ2) is 8.39. The highest BCUT2D eigenvalue weighted by atomic mass is 32.1. The van der Waals surface area contributed by atoms with E-state index in [0.29, 0.717) is 31.2 Å². The van der Waals surface area contributed by atoms with Gasteiger partial charge < -0.3 is 14.6 Å². The molecular weight excluding hydrogens is 374 g/mol. The third-order valence-electron chi connectivity index (χ3n) is 4.83. The summed E-state index contributed by atoms with van der Waals surface area (Å²) in [6.45, 7) is 1.40. The van der Waals surface area contributed by atoms with E-state index < -0.39 is 0 Å². The van der Waals surface area contributed by atoms with E-state index in [0.717, 1.165) is 11.3 Å². The van der Waals surface area contributed by atoms with Gasteiger partial charge in [0.15, 0.2) is 0 Å². The molecule has 0 bridgehead atoms. The quantitative estimate of drug-likeness (QED) is 0.667. The van der Waals surface area contributed by atoms with E-state index in [1.54, 1.807) is 22.5 Å². The SMILES string of the molecule is O=C(NCc1coc(-c2cccs2)n1)[C@H]1CC(=O)N(CCc2ccccc2)C1. The lowest BCUT2D eigenvalue weighted by Gasteiger charge is -2.16. The Hall–Kier alpha value is -2.93. The number of benzene rings is 1. The lowest BCUT2D eigenvalue weighted by molar-refractivity contribution is -0.129. The first-order valence-corrected chi connectivity index (χ1v) is 10.1. The molecule has 1 aliphatic heterocycles. The van der Waals surface area contributed by atoms with E-state index in [-0.39, 0.29) is 24.2 Å². The summed E-state index contributed by atoms with van der Waals surface area (Å²) in [5.74, 6) is 0.169. The van der Waals surface area contributed by atoms with Crippen molar-refractivity contribution in [3.05, 3.63) is 65.4 Å². The highest BCUT2D eigenvalue weighted by Gasteiger charge is 2.33. The summed E-state index contributed by atoms with van der Waals surface area (Å²) in [6, 6.07) is 13.9. The van der Waals surface area contributed by atoms with Crippen LogP contribution in [0.1, 0.15) is 17.7 Å². The second-order valence-corrected chi connectivity index (χ2v) is 7.76. The Bertz CT molecular complexity index is 937. The molecule has 0 saturated carbocycles. The Morgan fingerprint density at radius 2 is 2.11 bits per heavy atom. The standard InChI is InChI=1S/C21H21N3O3S/c25-19-11-16(13-24(19)9-8-15-5-2-1-3-6-15)20(26)22-12-17-14-27-21(23-17)18-7-4-10-28-18/h1-7,10,14,16H,8-9,11-13H2,(H,22,26)/t16-/m0/s1. The first-order chi connectivity index (χ1) is 13.7. The van der Waals surface area contributed by atoms with Gasteiger partial charge in [-0.2, -0.15) is 0 Å². The van der Waals surface area contributed by atoms with E-state index in [1.807, 2.05) is 47.8 Å². The molecule has 2 amide bonds. The first kappa shape index (κ1) is 18.4. The minimum Gasteiger partial charge on any atom is -0.443 e. The fourth-order valence-corrected chi connectivity index (χ4v) is 3.95. The summed E-state index contributed by atoms with van der Waals surface area (Å²) >= 11 is 1.55. The number of rotatable bonds is 7. The van der Waals surface area contributed by atoms with Crippen LogP contribution in [0.15, 0.2) is 58.5 Å². The van der Waals surface area contributed by atoms with Crippen molar-refractivity contribution in [2.24, 2.45) is 5.92 Å². The van der Waals surface area contributed by atoms with Gasteiger partial charge in [-0.15, -0.1) is 11.3 Å². The van der Waals surface area contributed by atoms with Crippen molar-refractivity contribution in [2.45, 2.75) is 19.4 Å². The molecule has 7 heteroatoms. The second-order valence-electron chi connectivity index (χ2n) is 6.82.